The molecule has 0 aliphatic heterocycles. The van der Waals surface area contributed by atoms with Crippen LogP contribution >= 0.6 is 0 Å². The lowest BCUT2D eigenvalue weighted by Gasteiger charge is -2.10. The first kappa shape index (κ1) is 14.5. The smallest absolute Gasteiger partial charge is 0.158 e. The second-order valence-corrected chi connectivity index (χ2v) is 6.83. The van der Waals surface area contributed by atoms with Crippen LogP contribution in [0.25, 0.3) is 0 Å². The molecule has 20 heavy (non-hydrogen) atoms. The predicted molar refractivity (Wildman–Crippen MR) is 78.3 cm³/mol. The van der Waals surface area contributed by atoms with Crippen LogP contribution in [-0.4, -0.2) is 8.42 Å². The number of halogens is 1. The SMILES string of the molecule is Cc1ccccc1CS(=O)(=O)Cc1c(N)cccc1F. The van der Waals surface area contributed by atoms with Gasteiger partial charge in [0.1, 0.15) is 5.82 Å². The molecule has 0 saturated carbocycles. The van der Waals surface area contributed by atoms with Gasteiger partial charge in [-0.3, -0.25) is 0 Å². The molecule has 0 spiro atoms. The Morgan fingerprint density at radius 3 is 2.40 bits per heavy atom. The van der Waals surface area contributed by atoms with Crippen LogP contribution in [0.5, 0.6) is 0 Å². The first-order valence-electron chi connectivity index (χ1n) is 6.17. The van der Waals surface area contributed by atoms with Crippen LogP contribution in [-0.2, 0) is 21.3 Å². The fraction of sp³-hybridized carbons (Fsp3) is 0.200. The van der Waals surface area contributed by atoms with Gasteiger partial charge in [-0.05, 0) is 30.2 Å². The van der Waals surface area contributed by atoms with Crippen molar-refractivity contribution < 1.29 is 12.8 Å². The molecule has 2 aromatic rings. The van der Waals surface area contributed by atoms with Crippen molar-refractivity contribution >= 4 is 15.5 Å². The van der Waals surface area contributed by atoms with E-state index in [1.807, 2.05) is 19.1 Å². The average molecular weight is 293 g/mol. The van der Waals surface area contributed by atoms with Crippen molar-refractivity contribution in [1.29, 1.82) is 0 Å². The Hall–Kier alpha value is -1.88. The Balaban J connectivity index is 2.27. The largest absolute Gasteiger partial charge is 0.398 e. The third-order valence-corrected chi connectivity index (χ3v) is 4.64. The van der Waals surface area contributed by atoms with Gasteiger partial charge in [0.25, 0.3) is 0 Å². The summed E-state index contributed by atoms with van der Waals surface area (Å²) in [5, 5.41) is 0. The molecule has 2 rings (SSSR count). The van der Waals surface area contributed by atoms with Crippen LogP contribution in [0.15, 0.2) is 42.5 Å². The van der Waals surface area contributed by atoms with Crippen molar-refractivity contribution in [3.63, 3.8) is 0 Å². The van der Waals surface area contributed by atoms with E-state index >= 15 is 0 Å². The second kappa shape index (κ2) is 5.63. The highest BCUT2D eigenvalue weighted by Crippen LogP contribution is 2.21. The molecule has 0 unspecified atom stereocenters. The Labute approximate surface area is 118 Å². The molecule has 2 N–H and O–H groups in total. The fourth-order valence-electron chi connectivity index (χ4n) is 2.01. The van der Waals surface area contributed by atoms with Gasteiger partial charge in [-0.15, -0.1) is 0 Å². The van der Waals surface area contributed by atoms with Gasteiger partial charge in [0, 0.05) is 11.3 Å². The third-order valence-electron chi connectivity index (χ3n) is 3.16. The van der Waals surface area contributed by atoms with Gasteiger partial charge in [-0.2, -0.15) is 0 Å². The molecule has 0 aromatic heterocycles. The maximum Gasteiger partial charge on any atom is 0.158 e. The van der Waals surface area contributed by atoms with E-state index in [2.05, 4.69) is 0 Å². The third kappa shape index (κ3) is 3.36. The molecule has 0 aliphatic rings. The van der Waals surface area contributed by atoms with Crippen molar-refractivity contribution in [2.45, 2.75) is 18.4 Å². The van der Waals surface area contributed by atoms with Crippen molar-refractivity contribution in [2.75, 3.05) is 5.73 Å². The van der Waals surface area contributed by atoms with Crippen LogP contribution in [0.3, 0.4) is 0 Å². The summed E-state index contributed by atoms with van der Waals surface area (Å²) in [5.41, 5.74) is 7.48. The van der Waals surface area contributed by atoms with E-state index in [1.165, 1.54) is 18.2 Å². The van der Waals surface area contributed by atoms with Crippen LogP contribution in [0.2, 0.25) is 0 Å². The highest BCUT2D eigenvalue weighted by molar-refractivity contribution is 7.89. The van der Waals surface area contributed by atoms with E-state index in [9.17, 15) is 12.8 Å². The van der Waals surface area contributed by atoms with Gasteiger partial charge in [0.05, 0.1) is 11.5 Å². The number of benzene rings is 2. The molecule has 5 heteroatoms. The van der Waals surface area contributed by atoms with Gasteiger partial charge in [0.2, 0.25) is 0 Å². The Morgan fingerprint density at radius 1 is 1.05 bits per heavy atom. The molecule has 0 bridgehead atoms. The summed E-state index contributed by atoms with van der Waals surface area (Å²) in [6, 6.07) is 11.4. The molecule has 0 fully saturated rings. The molecular formula is C15H16FNO2S. The van der Waals surface area contributed by atoms with Crippen molar-refractivity contribution in [3.8, 4) is 0 Å². The molecule has 0 radical (unpaired) electrons. The van der Waals surface area contributed by atoms with Gasteiger partial charge in [-0.25, -0.2) is 12.8 Å². The summed E-state index contributed by atoms with van der Waals surface area (Å²) in [6.07, 6.45) is 0. The van der Waals surface area contributed by atoms with Crippen molar-refractivity contribution in [3.05, 3.63) is 65.0 Å². The maximum atomic E-state index is 13.7. The summed E-state index contributed by atoms with van der Waals surface area (Å²) < 4.78 is 38.1. The molecule has 0 atom stereocenters. The van der Waals surface area contributed by atoms with E-state index < -0.39 is 15.7 Å². The summed E-state index contributed by atoms with van der Waals surface area (Å²) in [6.45, 7) is 1.85. The molecule has 2 aromatic carbocycles. The Bertz CT molecular complexity index is 706. The number of aryl methyl sites for hydroxylation is 1. The number of anilines is 1. The van der Waals surface area contributed by atoms with Crippen LogP contribution in [0.4, 0.5) is 10.1 Å². The van der Waals surface area contributed by atoms with E-state index in [0.717, 1.165) is 11.1 Å². The van der Waals surface area contributed by atoms with Gasteiger partial charge < -0.3 is 5.73 Å². The minimum atomic E-state index is -3.48. The van der Waals surface area contributed by atoms with Crippen molar-refractivity contribution in [2.24, 2.45) is 0 Å². The number of nitrogen functional groups attached to an aromatic ring is 1. The number of rotatable bonds is 4. The van der Waals surface area contributed by atoms with Crippen LogP contribution in [0.1, 0.15) is 16.7 Å². The summed E-state index contributed by atoms with van der Waals surface area (Å²) >= 11 is 0. The van der Waals surface area contributed by atoms with Crippen LogP contribution in [0, 0.1) is 12.7 Å². The molecule has 106 valence electrons. The van der Waals surface area contributed by atoms with E-state index in [4.69, 9.17) is 5.73 Å². The zero-order valence-electron chi connectivity index (χ0n) is 11.1. The van der Waals surface area contributed by atoms with Crippen molar-refractivity contribution in [1.82, 2.24) is 0 Å². The quantitative estimate of drug-likeness (QED) is 0.882. The second-order valence-electron chi connectivity index (χ2n) is 4.77. The van der Waals surface area contributed by atoms with E-state index in [-0.39, 0.29) is 22.8 Å². The van der Waals surface area contributed by atoms with Gasteiger partial charge in [0.15, 0.2) is 9.84 Å². The fourth-order valence-corrected chi connectivity index (χ4v) is 3.65. The minimum Gasteiger partial charge on any atom is -0.398 e. The summed E-state index contributed by atoms with van der Waals surface area (Å²) in [7, 11) is -3.48. The van der Waals surface area contributed by atoms with Crippen LogP contribution < -0.4 is 5.73 Å². The monoisotopic (exact) mass is 293 g/mol. The molecule has 0 aliphatic carbocycles. The number of nitrogens with two attached hydrogens (primary N) is 1. The lowest BCUT2D eigenvalue weighted by Crippen LogP contribution is -2.11. The summed E-state index contributed by atoms with van der Waals surface area (Å²) in [5.74, 6) is -1.09. The zero-order valence-corrected chi connectivity index (χ0v) is 12.0. The maximum absolute atomic E-state index is 13.7. The predicted octanol–water partition coefficient (Wildman–Crippen LogP) is 2.83. The average Bonchev–Trinajstić information content (AvgIpc) is 2.37. The van der Waals surface area contributed by atoms with E-state index in [0.29, 0.717) is 0 Å². The number of hydrogen-bond acceptors (Lipinski definition) is 3. The first-order valence-corrected chi connectivity index (χ1v) is 7.99. The van der Waals surface area contributed by atoms with E-state index in [1.54, 1.807) is 12.1 Å². The first-order chi connectivity index (χ1) is 9.39. The number of hydrogen-bond donors (Lipinski definition) is 1. The topological polar surface area (TPSA) is 60.2 Å². The molecule has 3 nitrogen and oxygen atoms in total. The highest BCUT2D eigenvalue weighted by atomic mass is 32.2. The lowest BCUT2D eigenvalue weighted by molar-refractivity contribution is 0.586. The standard InChI is InChI=1S/C15H16FNO2S/c1-11-5-2-3-6-12(11)9-20(18,19)10-13-14(16)7-4-8-15(13)17/h2-8H,9-10,17H2,1H3. The zero-order chi connectivity index (χ0) is 14.8. The molecular weight excluding hydrogens is 277 g/mol. The van der Waals surface area contributed by atoms with Gasteiger partial charge >= 0.3 is 0 Å². The Kier molecular flexibility index (Phi) is 4.09. The minimum absolute atomic E-state index is 0.0427. The lowest BCUT2D eigenvalue weighted by atomic mass is 10.1. The molecule has 0 saturated heterocycles. The van der Waals surface area contributed by atoms with Gasteiger partial charge in [-0.1, -0.05) is 30.3 Å². The molecule has 0 amide bonds. The molecule has 0 heterocycles. The normalized spacial score (nSPS) is 11.5. The Morgan fingerprint density at radius 2 is 1.75 bits per heavy atom. The number of sulfone groups is 1. The summed E-state index contributed by atoms with van der Waals surface area (Å²) in [4.78, 5) is 0. The highest BCUT2D eigenvalue weighted by Gasteiger charge is 2.18.